The fraction of sp³-hybridized carbons (Fsp3) is 0.929. The summed E-state index contributed by atoms with van der Waals surface area (Å²) in [4.78, 5) is 13.5. The molecule has 1 rings (SSSR count). The summed E-state index contributed by atoms with van der Waals surface area (Å²) in [6.45, 7) is 5.41. The van der Waals surface area contributed by atoms with Gasteiger partial charge < -0.3 is 10.2 Å². The molecule has 1 amide bonds. The number of hydrogen-bond donors (Lipinski definition) is 1. The Bertz CT molecular complexity index is 303. The maximum atomic E-state index is 12.9. The van der Waals surface area contributed by atoms with Crippen LogP contribution in [0.3, 0.4) is 0 Å². The molecular formula is C14H25F3N2O. The summed E-state index contributed by atoms with van der Waals surface area (Å²) in [5, 5.41) is 2.94. The fourth-order valence-electron chi connectivity index (χ4n) is 2.87. The number of hydrogen-bond acceptors (Lipinski definition) is 2. The number of nitrogens with zero attached hydrogens (tertiary/aromatic N) is 1. The van der Waals surface area contributed by atoms with Crippen molar-refractivity contribution < 1.29 is 18.0 Å². The number of halogens is 3. The predicted octanol–water partition coefficient (Wildman–Crippen LogP) is 2.96. The van der Waals surface area contributed by atoms with Crippen molar-refractivity contribution in [3.8, 4) is 0 Å². The summed E-state index contributed by atoms with van der Waals surface area (Å²) in [6, 6.07) is -0.534. The number of alkyl halides is 3. The van der Waals surface area contributed by atoms with Crippen LogP contribution in [0.25, 0.3) is 0 Å². The lowest BCUT2D eigenvalue weighted by molar-refractivity contribution is -0.188. The molecule has 1 aliphatic carbocycles. The summed E-state index contributed by atoms with van der Waals surface area (Å²) < 4.78 is 38.7. The molecule has 1 fully saturated rings. The van der Waals surface area contributed by atoms with Gasteiger partial charge in [0.25, 0.3) is 0 Å². The Morgan fingerprint density at radius 2 is 1.80 bits per heavy atom. The van der Waals surface area contributed by atoms with E-state index in [0.29, 0.717) is 32.5 Å². The average Bonchev–Trinajstić information content (AvgIpc) is 2.39. The zero-order chi connectivity index (χ0) is 15.2. The Hall–Kier alpha value is -0.780. The summed E-state index contributed by atoms with van der Waals surface area (Å²) >= 11 is 0. The molecule has 3 nitrogen and oxygen atoms in total. The second-order valence-electron chi connectivity index (χ2n) is 5.31. The van der Waals surface area contributed by atoms with E-state index in [2.05, 4.69) is 5.32 Å². The second kappa shape index (κ2) is 7.86. The summed E-state index contributed by atoms with van der Waals surface area (Å²) in [7, 11) is 0. The standard InChI is InChI=1S/C14H25F3N2O/c1-3-19(4-2)13(20)9-10-18-12-8-6-5-7-11(12)14(15,16)17/h11-12,18H,3-10H2,1-2H3. The highest BCUT2D eigenvalue weighted by Gasteiger charge is 2.45. The van der Waals surface area contributed by atoms with Gasteiger partial charge in [0.05, 0.1) is 5.92 Å². The Labute approximate surface area is 118 Å². The van der Waals surface area contributed by atoms with Gasteiger partial charge in [-0.1, -0.05) is 12.8 Å². The van der Waals surface area contributed by atoms with Gasteiger partial charge in [0.15, 0.2) is 0 Å². The van der Waals surface area contributed by atoms with Gasteiger partial charge in [0, 0.05) is 32.1 Å². The Morgan fingerprint density at radius 3 is 2.35 bits per heavy atom. The van der Waals surface area contributed by atoms with Crippen molar-refractivity contribution in [1.29, 1.82) is 0 Å². The van der Waals surface area contributed by atoms with Gasteiger partial charge in [-0.3, -0.25) is 4.79 Å². The van der Waals surface area contributed by atoms with Crippen LogP contribution in [0, 0.1) is 5.92 Å². The topological polar surface area (TPSA) is 32.3 Å². The van der Waals surface area contributed by atoms with Gasteiger partial charge >= 0.3 is 6.18 Å². The lowest BCUT2D eigenvalue weighted by atomic mass is 9.84. The minimum absolute atomic E-state index is 0.00173. The van der Waals surface area contributed by atoms with Crippen LogP contribution in [0.4, 0.5) is 13.2 Å². The average molecular weight is 294 g/mol. The minimum atomic E-state index is -4.14. The van der Waals surface area contributed by atoms with Crippen molar-refractivity contribution >= 4 is 5.91 Å². The number of amides is 1. The second-order valence-corrected chi connectivity index (χ2v) is 5.31. The van der Waals surface area contributed by atoms with Gasteiger partial charge in [-0.25, -0.2) is 0 Å². The molecule has 0 aromatic carbocycles. The van der Waals surface area contributed by atoms with Crippen LogP contribution in [-0.4, -0.2) is 42.7 Å². The first-order valence-corrected chi connectivity index (χ1v) is 7.48. The molecule has 1 saturated carbocycles. The van der Waals surface area contributed by atoms with Crippen LogP contribution in [0.2, 0.25) is 0 Å². The molecule has 0 spiro atoms. The maximum Gasteiger partial charge on any atom is 0.393 e. The molecule has 1 N–H and O–H groups in total. The predicted molar refractivity (Wildman–Crippen MR) is 72.3 cm³/mol. The normalized spacial score (nSPS) is 23.6. The first-order valence-electron chi connectivity index (χ1n) is 7.48. The van der Waals surface area contributed by atoms with Crippen LogP contribution in [-0.2, 0) is 4.79 Å². The lowest BCUT2D eigenvalue weighted by Crippen LogP contribution is -2.46. The molecule has 6 heteroatoms. The third kappa shape index (κ3) is 4.96. The molecule has 0 radical (unpaired) electrons. The quantitative estimate of drug-likeness (QED) is 0.817. The molecule has 0 heterocycles. The Balaban J connectivity index is 2.41. The largest absolute Gasteiger partial charge is 0.393 e. The highest BCUT2D eigenvalue weighted by molar-refractivity contribution is 5.76. The van der Waals surface area contributed by atoms with Crippen LogP contribution in [0.1, 0.15) is 46.0 Å². The van der Waals surface area contributed by atoms with E-state index in [1.165, 1.54) is 0 Å². The molecule has 20 heavy (non-hydrogen) atoms. The SMILES string of the molecule is CCN(CC)C(=O)CCNC1CCCCC1C(F)(F)F. The van der Waals surface area contributed by atoms with E-state index < -0.39 is 18.1 Å². The monoisotopic (exact) mass is 294 g/mol. The smallest absolute Gasteiger partial charge is 0.343 e. The first-order chi connectivity index (χ1) is 9.40. The molecular weight excluding hydrogens is 269 g/mol. The Morgan fingerprint density at radius 1 is 1.20 bits per heavy atom. The van der Waals surface area contributed by atoms with Gasteiger partial charge in [-0.05, 0) is 26.7 Å². The third-order valence-corrected chi connectivity index (χ3v) is 4.05. The van der Waals surface area contributed by atoms with Crippen molar-refractivity contribution in [3.63, 3.8) is 0 Å². The van der Waals surface area contributed by atoms with Gasteiger partial charge in [-0.2, -0.15) is 13.2 Å². The van der Waals surface area contributed by atoms with Gasteiger partial charge in [0.2, 0.25) is 5.91 Å². The van der Waals surface area contributed by atoms with Crippen molar-refractivity contribution in [3.05, 3.63) is 0 Å². The minimum Gasteiger partial charge on any atom is -0.343 e. The Kier molecular flexibility index (Phi) is 6.79. The number of nitrogens with one attached hydrogen (secondary N) is 1. The van der Waals surface area contributed by atoms with E-state index in [-0.39, 0.29) is 18.7 Å². The fourth-order valence-corrected chi connectivity index (χ4v) is 2.87. The molecule has 0 aromatic rings. The van der Waals surface area contributed by atoms with Crippen molar-refractivity contribution in [1.82, 2.24) is 10.2 Å². The van der Waals surface area contributed by atoms with Crippen LogP contribution < -0.4 is 5.32 Å². The number of carbonyl (C=O) groups is 1. The van der Waals surface area contributed by atoms with Crippen molar-refractivity contribution in [2.24, 2.45) is 5.92 Å². The maximum absolute atomic E-state index is 12.9. The summed E-state index contributed by atoms with van der Waals surface area (Å²) in [6.07, 6.45) is -1.66. The van der Waals surface area contributed by atoms with E-state index in [9.17, 15) is 18.0 Å². The van der Waals surface area contributed by atoms with E-state index in [0.717, 1.165) is 6.42 Å². The third-order valence-electron chi connectivity index (χ3n) is 4.05. The van der Waals surface area contributed by atoms with Crippen LogP contribution in [0.5, 0.6) is 0 Å². The van der Waals surface area contributed by atoms with Gasteiger partial charge in [-0.15, -0.1) is 0 Å². The molecule has 0 saturated heterocycles. The first kappa shape index (κ1) is 17.3. The molecule has 1 aliphatic rings. The summed E-state index contributed by atoms with van der Waals surface area (Å²) in [5.74, 6) is -1.26. The molecule has 118 valence electrons. The zero-order valence-corrected chi connectivity index (χ0v) is 12.3. The highest BCUT2D eigenvalue weighted by Crippen LogP contribution is 2.37. The summed E-state index contributed by atoms with van der Waals surface area (Å²) in [5.41, 5.74) is 0. The van der Waals surface area contributed by atoms with E-state index in [4.69, 9.17) is 0 Å². The lowest BCUT2D eigenvalue weighted by Gasteiger charge is -2.33. The van der Waals surface area contributed by atoms with Gasteiger partial charge in [0.1, 0.15) is 0 Å². The van der Waals surface area contributed by atoms with Crippen LogP contribution >= 0.6 is 0 Å². The van der Waals surface area contributed by atoms with E-state index in [1.54, 1.807) is 4.90 Å². The molecule has 0 aliphatic heterocycles. The molecule has 0 aromatic heterocycles. The number of rotatable bonds is 6. The molecule has 2 unspecified atom stereocenters. The zero-order valence-electron chi connectivity index (χ0n) is 12.3. The molecule has 2 atom stereocenters. The highest BCUT2D eigenvalue weighted by atomic mass is 19.4. The van der Waals surface area contributed by atoms with E-state index in [1.807, 2.05) is 13.8 Å². The van der Waals surface area contributed by atoms with Crippen molar-refractivity contribution in [2.45, 2.75) is 58.2 Å². The van der Waals surface area contributed by atoms with Crippen LogP contribution in [0.15, 0.2) is 0 Å². The molecule has 0 bridgehead atoms. The van der Waals surface area contributed by atoms with Crippen molar-refractivity contribution in [2.75, 3.05) is 19.6 Å². The van der Waals surface area contributed by atoms with E-state index >= 15 is 0 Å². The number of carbonyl (C=O) groups excluding carboxylic acids is 1.